The molecule has 1 aliphatic rings. The summed E-state index contributed by atoms with van der Waals surface area (Å²) in [5, 5.41) is 4.49. The van der Waals surface area contributed by atoms with Gasteiger partial charge in [0.2, 0.25) is 5.95 Å². The Hall–Kier alpha value is -3.93. The van der Waals surface area contributed by atoms with E-state index in [1.54, 1.807) is 12.0 Å². The molecule has 0 saturated carbocycles. The summed E-state index contributed by atoms with van der Waals surface area (Å²) in [6, 6.07) is 27.2. The molecule has 6 nitrogen and oxygen atoms in total. The molecule has 31 heavy (non-hydrogen) atoms. The third-order valence-electron chi connectivity index (χ3n) is 5.75. The van der Waals surface area contributed by atoms with Crippen LogP contribution in [0.25, 0.3) is 0 Å². The van der Waals surface area contributed by atoms with Crippen LogP contribution in [0.1, 0.15) is 40.0 Å². The summed E-state index contributed by atoms with van der Waals surface area (Å²) in [7, 11) is 1.66. The van der Waals surface area contributed by atoms with Crippen LogP contribution in [0.3, 0.4) is 0 Å². The Morgan fingerprint density at radius 2 is 1.52 bits per heavy atom. The topological polar surface area (TPSA) is 60.2 Å². The highest BCUT2D eigenvalue weighted by atomic mass is 16.5. The minimum Gasteiger partial charge on any atom is -0.497 e. The van der Waals surface area contributed by atoms with Gasteiger partial charge in [-0.25, -0.2) is 4.68 Å². The molecule has 4 aromatic rings. The lowest BCUT2D eigenvalue weighted by Gasteiger charge is -2.39. The van der Waals surface area contributed by atoms with E-state index >= 15 is 0 Å². The number of ether oxygens (including phenoxy) is 1. The smallest absolute Gasteiger partial charge is 0.261 e. The fraction of sp³-hybridized carbons (Fsp3) is 0.160. The van der Waals surface area contributed by atoms with E-state index in [0.29, 0.717) is 17.9 Å². The Labute approximate surface area is 180 Å². The molecule has 0 radical (unpaired) electrons. The van der Waals surface area contributed by atoms with Crippen molar-refractivity contribution in [3.05, 3.63) is 108 Å². The molecule has 0 aliphatic carbocycles. The normalized spacial score (nSPS) is 17.8. The maximum atomic E-state index is 13.6. The maximum Gasteiger partial charge on any atom is 0.261 e. The second-order valence-corrected chi connectivity index (χ2v) is 7.50. The van der Waals surface area contributed by atoms with Gasteiger partial charge in [-0.05, 0) is 41.8 Å². The van der Waals surface area contributed by atoms with Crippen molar-refractivity contribution in [2.24, 2.45) is 0 Å². The molecule has 0 N–H and O–H groups in total. The Morgan fingerprint density at radius 1 is 0.871 bits per heavy atom. The molecular formula is C25H22N4O2. The van der Waals surface area contributed by atoms with Gasteiger partial charge in [-0.3, -0.25) is 9.69 Å². The van der Waals surface area contributed by atoms with Gasteiger partial charge < -0.3 is 4.74 Å². The van der Waals surface area contributed by atoms with Crippen molar-refractivity contribution in [1.82, 2.24) is 14.8 Å². The molecule has 1 aliphatic heterocycles. The number of hydrogen-bond acceptors (Lipinski definition) is 4. The quantitative estimate of drug-likeness (QED) is 0.491. The maximum absolute atomic E-state index is 13.6. The minimum absolute atomic E-state index is 0.0477. The zero-order valence-corrected chi connectivity index (χ0v) is 17.1. The van der Waals surface area contributed by atoms with Crippen molar-refractivity contribution < 1.29 is 9.53 Å². The fourth-order valence-corrected chi connectivity index (χ4v) is 4.21. The van der Waals surface area contributed by atoms with E-state index in [1.807, 2.05) is 77.5 Å². The molecule has 2 atom stereocenters. The van der Waals surface area contributed by atoms with E-state index in [-0.39, 0.29) is 18.0 Å². The van der Waals surface area contributed by atoms with E-state index in [0.717, 1.165) is 16.9 Å². The highest BCUT2D eigenvalue weighted by molar-refractivity contribution is 6.05. The Morgan fingerprint density at radius 3 is 2.19 bits per heavy atom. The van der Waals surface area contributed by atoms with Gasteiger partial charge in [-0.15, -0.1) is 0 Å². The summed E-state index contributed by atoms with van der Waals surface area (Å²) < 4.78 is 7.16. The highest BCUT2D eigenvalue weighted by Crippen LogP contribution is 2.42. The summed E-state index contributed by atoms with van der Waals surface area (Å²) in [5.41, 5.74) is 2.79. The van der Waals surface area contributed by atoms with Crippen LogP contribution in [0.2, 0.25) is 0 Å². The van der Waals surface area contributed by atoms with Crippen LogP contribution in [0, 0.1) is 0 Å². The van der Waals surface area contributed by atoms with E-state index in [9.17, 15) is 4.79 Å². The number of hydrogen-bond donors (Lipinski definition) is 0. The van der Waals surface area contributed by atoms with E-state index in [1.165, 1.54) is 6.33 Å². The lowest BCUT2D eigenvalue weighted by Crippen LogP contribution is -2.42. The average Bonchev–Trinajstić information content (AvgIpc) is 3.33. The van der Waals surface area contributed by atoms with Crippen LogP contribution in [0.4, 0.5) is 5.95 Å². The first kappa shape index (κ1) is 19.1. The minimum atomic E-state index is -0.169. The van der Waals surface area contributed by atoms with Crippen molar-refractivity contribution in [3.8, 4) is 5.75 Å². The molecule has 0 fully saturated rings. The lowest BCUT2D eigenvalue weighted by atomic mass is 9.91. The molecule has 0 spiro atoms. The summed E-state index contributed by atoms with van der Waals surface area (Å²) in [4.78, 5) is 19.9. The highest BCUT2D eigenvalue weighted by Gasteiger charge is 2.39. The van der Waals surface area contributed by atoms with Gasteiger partial charge >= 0.3 is 0 Å². The second kappa shape index (κ2) is 8.07. The third kappa shape index (κ3) is 3.46. The number of methoxy groups -OCH3 is 1. The monoisotopic (exact) mass is 410 g/mol. The Bertz CT molecular complexity index is 1170. The standard InChI is InChI=1S/C25H22N4O2/c1-31-21-14-12-19(13-15-21)23-16-22(18-8-4-2-5-9-18)28(25-26-17-27-29(23)25)24(30)20-10-6-3-7-11-20/h2-15,17,22-23H,16H2,1H3/t22-,23+/m0/s1. The molecule has 0 bridgehead atoms. The molecule has 6 heteroatoms. The number of nitrogens with zero attached hydrogens (tertiary/aromatic N) is 4. The van der Waals surface area contributed by atoms with Gasteiger partial charge in [0.15, 0.2) is 0 Å². The number of anilines is 1. The SMILES string of the molecule is COc1ccc([C@H]2C[C@@H](c3ccccc3)N(C(=O)c3ccccc3)c3ncnn32)cc1. The van der Waals surface area contributed by atoms with Crippen molar-refractivity contribution in [2.45, 2.75) is 18.5 Å². The molecule has 0 unspecified atom stereocenters. The third-order valence-corrected chi connectivity index (χ3v) is 5.75. The number of rotatable bonds is 4. The van der Waals surface area contributed by atoms with Crippen LogP contribution in [0.5, 0.6) is 5.75 Å². The van der Waals surface area contributed by atoms with E-state index in [2.05, 4.69) is 22.2 Å². The van der Waals surface area contributed by atoms with E-state index < -0.39 is 0 Å². The van der Waals surface area contributed by atoms with Gasteiger partial charge in [-0.1, -0.05) is 60.7 Å². The van der Waals surface area contributed by atoms with Gasteiger partial charge in [0.05, 0.1) is 19.2 Å². The molecule has 3 aromatic carbocycles. The van der Waals surface area contributed by atoms with Gasteiger partial charge in [0, 0.05) is 5.56 Å². The number of carbonyl (C=O) groups excluding carboxylic acids is 1. The molecule has 1 aromatic heterocycles. The summed E-state index contributed by atoms with van der Waals surface area (Å²) in [5.74, 6) is 1.27. The van der Waals surface area contributed by atoms with E-state index in [4.69, 9.17) is 4.74 Å². The van der Waals surface area contributed by atoms with Crippen LogP contribution < -0.4 is 9.64 Å². The first-order chi connectivity index (χ1) is 15.3. The Balaban J connectivity index is 1.62. The first-order valence-corrected chi connectivity index (χ1v) is 10.2. The average molecular weight is 410 g/mol. The Kier molecular flexibility index (Phi) is 4.96. The van der Waals surface area contributed by atoms with Gasteiger partial charge in [0.25, 0.3) is 5.91 Å². The van der Waals surface area contributed by atoms with Crippen molar-refractivity contribution in [2.75, 3.05) is 12.0 Å². The van der Waals surface area contributed by atoms with Crippen molar-refractivity contribution >= 4 is 11.9 Å². The van der Waals surface area contributed by atoms with Gasteiger partial charge in [-0.2, -0.15) is 10.1 Å². The lowest BCUT2D eigenvalue weighted by molar-refractivity contribution is 0.0963. The molecule has 154 valence electrons. The predicted molar refractivity (Wildman–Crippen MR) is 118 cm³/mol. The number of carbonyl (C=O) groups is 1. The second-order valence-electron chi connectivity index (χ2n) is 7.50. The van der Waals surface area contributed by atoms with Crippen LogP contribution in [-0.4, -0.2) is 27.8 Å². The van der Waals surface area contributed by atoms with Crippen molar-refractivity contribution in [3.63, 3.8) is 0 Å². The molecule has 0 saturated heterocycles. The van der Waals surface area contributed by atoms with Crippen LogP contribution in [-0.2, 0) is 0 Å². The largest absolute Gasteiger partial charge is 0.497 e. The van der Waals surface area contributed by atoms with Crippen molar-refractivity contribution in [1.29, 1.82) is 0 Å². The molecule has 2 heterocycles. The number of aromatic nitrogens is 3. The number of fused-ring (bicyclic) bond motifs is 1. The van der Waals surface area contributed by atoms with Crippen LogP contribution in [0.15, 0.2) is 91.3 Å². The molecule has 5 rings (SSSR count). The molecular weight excluding hydrogens is 388 g/mol. The molecule has 1 amide bonds. The fourth-order valence-electron chi connectivity index (χ4n) is 4.21. The zero-order valence-electron chi connectivity index (χ0n) is 17.1. The first-order valence-electron chi connectivity index (χ1n) is 10.2. The summed E-state index contributed by atoms with van der Waals surface area (Å²) in [6.07, 6.45) is 2.20. The zero-order chi connectivity index (χ0) is 21.2. The number of benzene rings is 3. The predicted octanol–water partition coefficient (Wildman–Crippen LogP) is 4.67. The van der Waals surface area contributed by atoms with Gasteiger partial charge in [0.1, 0.15) is 12.1 Å². The number of amides is 1. The summed E-state index contributed by atoms with van der Waals surface area (Å²) >= 11 is 0. The summed E-state index contributed by atoms with van der Waals surface area (Å²) in [6.45, 7) is 0. The van der Waals surface area contributed by atoms with Crippen LogP contribution >= 0.6 is 0 Å².